The van der Waals surface area contributed by atoms with E-state index in [0.29, 0.717) is 21.3 Å². The number of amides is 1. The first-order valence-electron chi connectivity index (χ1n) is 5.25. The van der Waals surface area contributed by atoms with Crippen LogP contribution in [0.1, 0.15) is 16.1 Å². The van der Waals surface area contributed by atoms with Crippen LogP contribution in [0.2, 0.25) is 10.0 Å². The van der Waals surface area contributed by atoms with Crippen LogP contribution >= 0.6 is 23.2 Å². The van der Waals surface area contributed by atoms with Gasteiger partial charge in [0.05, 0.1) is 10.0 Å². The molecule has 0 saturated heterocycles. The Morgan fingerprint density at radius 1 is 1.17 bits per heavy atom. The van der Waals surface area contributed by atoms with Crippen molar-refractivity contribution in [1.29, 1.82) is 0 Å². The Morgan fingerprint density at radius 2 is 1.94 bits per heavy atom. The van der Waals surface area contributed by atoms with Crippen LogP contribution in [0.5, 0.6) is 0 Å². The number of nitrogens with zero attached hydrogens (tertiary/aromatic N) is 1. The highest BCUT2D eigenvalue weighted by molar-refractivity contribution is 6.42. The number of hydrogen-bond acceptors (Lipinski definition) is 2. The third-order valence-electron chi connectivity index (χ3n) is 2.34. The molecule has 2 aromatic rings. The Labute approximate surface area is 115 Å². The zero-order chi connectivity index (χ0) is 13.1. The SMILES string of the molecule is Cc1cc(C(=O)Nc2ccc(Cl)c(Cl)c2)ccn1. The van der Waals surface area contributed by atoms with Gasteiger partial charge in [0.25, 0.3) is 5.91 Å². The van der Waals surface area contributed by atoms with Crippen molar-refractivity contribution in [3.63, 3.8) is 0 Å². The van der Waals surface area contributed by atoms with Crippen LogP contribution in [-0.2, 0) is 0 Å². The van der Waals surface area contributed by atoms with Crippen LogP contribution in [0.3, 0.4) is 0 Å². The normalized spacial score (nSPS) is 10.2. The quantitative estimate of drug-likeness (QED) is 0.905. The van der Waals surface area contributed by atoms with E-state index in [-0.39, 0.29) is 5.91 Å². The zero-order valence-electron chi connectivity index (χ0n) is 9.58. The molecule has 1 aromatic carbocycles. The highest BCUT2D eigenvalue weighted by atomic mass is 35.5. The molecule has 0 unspecified atom stereocenters. The lowest BCUT2D eigenvalue weighted by molar-refractivity contribution is 0.102. The van der Waals surface area contributed by atoms with E-state index in [2.05, 4.69) is 10.3 Å². The summed E-state index contributed by atoms with van der Waals surface area (Å²) in [4.78, 5) is 16.0. The summed E-state index contributed by atoms with van der Waals surface area (Å²) in [5, 5.41) is 3.60. The van der Waals surface area contributed by atoms with Gasteiger partial charge in [-0.05, 0) is 37.3 Å². The smallest absolute Gasteiger partial charge is 0.255 e. The van der Waals surface area contributed by atoms with Gasteiger partial charge in [0.2, 0.25) is 0 Å². The fourth-order valence-corrected chi connectivity index (χ4v) is 1.76. The second-order valence-electron chi connectivity index (χ2n) is 3.77. The molecule has 0 spiro atoms. The van der Waals surface area contributed by atoms with Crippen molar-refractivity contribution in [2.24, 2.45) is 0 Å². The van der Waals surface area contributed by atoms with Crippen LogP contribution in [0, 0.1) is 6.92 Å². The van der Waals surface area contributed by atoms with Crippen LogP contribution in [0.25, 0.3) is 0 Å². The van der Waals surface area contributed by atoms with Crippen LogP contribution < -0.4 is 5.32 Å². The number of carbonyl (C=O) groups excluding carboxylic acids is 1. The Morgan fingerprint density at radius 3 is 2.61 bits per heavy atom. The van der Waals surface area contributed by atoms with Crippen LogP contribution in [-0.4, -0.2) is 10.9 Å². The predicted octanol–water partition coefficient (Wildman–Crippen LogP) is 3.95. The second kappa shape index (κ2) is 5.38. The van der Waals surface area contributed by atoms with Crippen molar-refractivity contribution in [3.8, 4) is 0 Å². The van der Waals surface area contributed by atoms with Crippen molar-refractivity contribution in [1.82, 2.24) is 4.98 Å². The van der Waals surface area contributed by atoms with E-state index in [4.69, 9.17) is 23.2 Å². The van der Waals surface area contributed by atoms with E-state index in [0.717, 1.165) is 5.69 Å². The maximum Gasteiger partial charge on any atom is 0.255 e. The molecule has 0 fully saturated rings. The number of aryl methyl sites for hydroxylation is 1. The molecule has 0 atom stereocenters. The van der Waals surface area contributed by atoms with Gasteiger partial charge in [0, 0.05) is 23.1 Å². The lowest BCUT2D eigenvalue weighted by Crippen LogP contribution is -2.12. The molecule has 2 rings (SSSR count). The van der Waals surface area contributed by atoms with Gasteiger partial charge >= 0.3 is 0 Å². The first kappa shape index (κ1) is 12.9. The average molecular weight is 281 g/mol. The number of halogens is 2. The fourth-order valence-electron chi connectivity index (χ4n) is 1.46. The van der Waals surface area contributed by atoms with E-state index in [1.165, 1.54) is 0 Å². The van der Waals surface area contributed by atoms with Gasteiger partial charge in [-0.15, -0.1) is 0 Å². The highest BCUT2D eigenvalue weighted by Crippen LogP contribution is 2.25. The molecule has 0 aliphatic rings. The number of pyridine rings is 1. The minimum absolute atomic E-state index is 0.209. The summed E-state index contributed by atoms with van der Waals surface area (Å²) >= 11 is 11.7. The molecular formula is C13H10Cl2N2O. The van der Waals surface area contributed by atoms with Crippen molar-refractivity contribution in [3.05, 3.63) is 57.8 Å². The number of hydrogen-bond donors (Lipinski definition) is 1. The molecule has 3 nitrogen and oxygen atoms in total. The number of carbonyl (C=O) groups is 1. The lowest BCUT2D eigenvalue weighted by Gasteiger charge is -2.06. The first-order chi connectivity index (χ1) is 8.56. The first-order valence-corrected chi connectivity index (χ1v) is 6.01. The lowest BCUT2D eigenvalue weighted by atomic mass is 10.2. The molecule has 1 amide bonds. The summed E-state index contributed by atoms with van der Waals surface area (Å²) in [5.41, 5.74) is 1.94. The summed E-state index contributed by atoms with van der Waals surface area (Å²) < 4.78 is 0. The van der Waals surface area contributed by atoms with Gasteiger partial charge in [-0.3, -0.25) is 9.78 Å². The van der Waals surface area contributed by atoms with Gasteiger partial charge in [-0.2, -0.15) is 0 Å². The summed E-state index contributed by atoms with van der Waals surface area (Å²) in [7, 11) is 0. The van der Waals surface area contributed by atoms with Crippen molar-refractivity contribution < 1.29 is 4.79 Å². The summed E-state index contributed by atoms with van der Waals surface area (Å²) in [5.74, 6) is -0.209. The van der Waals surface area contributed by atoms with E-state index >= 15 is 0 Å². The van der Waals surface area contributed by atoms with E-state index < -0.39 is 0 Å². The molecular weight excluding hydrogens is 271 g/mol. The maximum absolute atomic E-state index is 11.9. The minimum atomic E-state index is -0.209. The monoisotopic (exact) mass is 280 g/mol. The third-order valence-corrected chi connectivity index (χ3v) is 3.08. The minimum Gasteiger partial charge on any atom is -0.322 e. The largest absolute Gasteiger partial charge is 0.322 e. The molecule has 1 heterocycles. The second-order valence-corrected chi connectivity index (χ2v) is 4.58. The van der Waals surface area contributed by atoms with Crippen molar-refractivity contribution in [2.75, 3.05) is 5.32 Å². The number of aromatic nitrogens is 1. The molecule has 0 saturated carbocycles. The van der Waals surface area contributed by atoms with Gasteiger partial charge in [-0.25, -0.2) is 0 Å². The number of nitrogens with one attached hydrogen (secondary N) is 1. The van der Waals surface area contributed by atoms with Crippen LogP contribution in [0.4, 0.5) is 5.69 Å². The predicted molar refractivity (Wildman–Crippen MR) is 73.4 cm³/mol. The molecule has 0 radical (unpaired) electrons. The molecule has 18 heavy (non-hydrogen) atoms. The van der Waals surface area contributed by atoms with Crippen molar-refractivity contribution in [2.45, 2.75) is 6.92 Å². The molecule has 0 aliphatic heterocycles. The third kappa shape index (κ3) is 3.00. The Kier molecular flexibility index (Phi) is 3.84. The van der Waals surface area contributed by atoms with Crippen molar-refractivity contribution >= 4 is 34.8 Å². The topological polar surface area (TPSA) is 42.0 Å². The molecule has 1 N–H and O–H groups in total. The number of benzene rings is 1. The fraction of sp³-hybridized carbons (Fsp3) is 0.0769. The van der Waals surface area contributed by atoms with Gasteiger partial charge in [0.1, 0.15) is 0 Å². The molecule has 0 bridgehead atoms. The van der Waals surface area contributed by atoms with E-state index in [1.807, 2.05) is 6.92 Å². The Bertz CT molecular complexity index is 599. The van der Waals surface area contributed by atoms with E-state index in [1.54, 1.807) is 36.5 Å². The zero-order valence-corrected chi connectivity index (χ0v) is 11.1. The highest BCUT2D eigenvalue weighted by Gasteiger charge is 2.07. The van der Waals surface area contributed by atoms with Gasteiger partial charge in [0.15, 0.2) is 0 Å². The summed E-state index contributed by atoms with van der Waals surface area (Å²) in [6.07, 6.45) is 1.60. The van der Waals surface area contributed by atoms with Gasteiger partial charge < -0.3 is 5.32 Å². The molecule has 92 valence electrons. The average Bonchev–Trinajstić information content (AvgIpc) is 2.34. The van der Waals surface area contributed by atoms with Crippen LogP contribution in [0.15, 0.2) is 36.5 Å². The number of rotatable bonds is 2. The molecule has 0 aliphatic carbocycles. The van der Waals surface area contributed by atoms with E-state index in [9.17, 15) is 4.79 Å². The number of anilines is 1. The summed E-state index contributed by atoms with van der Waals surface area (Å²) in [6.45, 7) is 1.83. The molecule has 1 aromatic heterocycles. The molecule has 5 heteroatoms. The Balaban J connectivity index is 2.18. The Hall–Kier alpha value is -1.58. The standard InChI is InChI=1S/C13H10Cl2N2O/c1-8-6-9(4-5-16-8)13(18)17-10-2-3-11(14)12(15)7-10/h2-7H,1H3,(H,17,18). The summed E-state index contributed by atoms with van der Waals surface area (Å²) in [6, 6.07) is 8.31. The maximum atomic E-state index is 11.9. The van der Waals surface area contributed by atoms with Gasteiger partial charge in [-0.1, -0.05) is 23.2 Å².